The zero-order valence-electron chi connectivity index (χ0n) is 20.0. The van der Waals surface area contributed by atoms with Gasteiger partial charge in [0, 0.05) is 18.2 Å². The molecule has 1 N–H and O–H groups in total. The summed E-state index contributed by atoms with van der Waals surface area (Å²) in [7, 11) is 1.73. The second-order valence-electron chi connectivity index (χ2n) is 11.3. The van der Waals surface area contributed by atoms with Gasteiger partial charge in [-0.25, -0.2) is 0 Å². The van der Waals surface area contributed by atoms with Gasteiger partial charge in [0.2, 0.25) is 22.0 Å². The monoisotopic (exact) mass is 496 g/mol. The van der Waals surface area contributed by atoms with Gasteiger partial charge >= 0.3 is 6.18 Å². The third-order valence-corrected chi connectivity index (χ3v) is 10.2. The van der Waals surface area contributed by atoms with Crippen LogP contribution in [0.5, 0.6) is 0 Å². The van der Waals surface area contributed by atoms with E-state index in [2.05, 4.69) is 36.3 Å². The van der Waals surface area contributed by atoms with Crippen LogP contribution in [0.1, 0.15) is 70.7 Å². The van der Waals surface area contributed by atoms with E-state index in [0.717, 1.165) is 18.5 Å². The number of carbonyl (C=O) groups is 2. The van der Waals surface area contributed by atoms with E-state index >= 15 is 0 Å². The molecule has 1 aromatic rings. The molecule has 6 nitrogen and oxygen atoms in total. The lowest BCUT2D eigenvalue weighted by Crippen LogP contribution is -2.57. The predicted molar refractivity (Wildman–Crippen MR) is 122 cm³/mol. The number of hydrogen-bond acceptors (Lipinski definition) is 5. The molecular formula is C24H31F3N4O2S. The van der Waals surface area contributed by atoms with Gasteiger partial charge in [0.25, 0.3) is 0 Å². The Morgan fingerprint density at radius 3 is 2.59 bits per heavy atom. The second kappa shape index (κ2) is 7.77. The minimum Gasteiger partial charge on any atom is -0.318 e. The summed E-state index contributed by atoms with van der Waals surface area (Å²) < 4.78 is 38.7. The van der Waals surface area contributed by atoms with E-state index in [1.165, 1.54) is 31.3 Å². The standard InChI is InChI=1S/C24H31F3N4O2S/c1-12-10-13-15-6-5-8-22(15,2)9-7-16(13)23(3)11-14(19(33)31(4)17(12)23)18(32)28-21-30-29-20(34-21)24(25,26)27/h13-16H,5-11H2,1-4H3,(H,28,30,32)/t13-,14?,15-,16+,22-,23+/m0/s1. The lowest BCUT2D eigenvalue weighted by molar-refractivity contribution is -0.147. The Labute approximate surface area is 201 Å². The van der Waals surface area contributed by atoms with Crippen molar-refractivity contribution in [3.63, 3.8) is 0 Å². The topological polar surface area (TPSA) is 75.2 Å². The Morgan fingerprint density at radius 2 is 1.91 bits per heavy atom. The molecule has 34 heavy (non-hydrogen) atoms. The molecule has 1 aromatic heterocycles. The average Bonchev–Trinajstić information content (AvgIpc) is 3.37. The van der Waals surface area contributed by atoms with E-state index in [4.69, 9.17) is 0 Å². The van der Waals surface area contributed by atoms with Gasteiger partial charge in [0.15, 0.2) is 0 Å². The summed E-state index contributed by atoms with van der Waals surface area (Å²) in [6.07, 6.45) is 2.76. The zero-order chi connectivity index (χ0) is 24.6. The summed E-state index contributed by atoms with van der Waals surface area (Å²) in [5.74, 6) is -0.310. The molecule has 0 radical (unpaired) electrons. The van der Waals surface area contributed by atoms with Crippen molar-refractivity contribution in [2.45, 2.75) is 71.9 Å². The van der Waals surface area contributed by atoms with Crippen LogP contribution in [-0.2, 0) is 15.8 Å². The van der Waals surface area contributed by atoms with Crippen LogP contribution >= 0.6 is 11.3 Å². The number of aromatic nitrogens is 2. The van der Waals surface area contributed by atoms with Gasteiger partial charge in [-0.1, -0.05) is 37.2 Å². The number of hydrogen-bond donors (Lipinski definition) is 1. The van der Waals surface area contributed by atoms with Crippen molar-refractivity contribution in [2.24, 2.45) is 34.5 Å². The Morgan fingerprint density at radius 1 is 1.18 bits per heavy atom. The molecule has 0 aromatic carbocycles. The molecule has 1 unspecified atom stereocenters. The van der Waals surface area contributed by atoms with E-state index in [0.29, 0.717) is 29.6 Å². The van der Waals surface area contributed by atoms with Crippen molar-refractivity contribution < 1.29 is 22.8 Å². The van der Waals surface area contributed by atoms with Crippen molar-refractivity contribution in [1.29, 1.82) is 0 Å². The SMILES string of the molecule is CC1=C2N(C)C(=O)C(C(=O)Nc3nnc(C(F)(F)F)s3)C[C@]2(C)[C@@H]2CC[C@]3(C)CCC[C@H]3[C@@H]2C1. The summed E-state index contributed by atoms with van der Waals surface area (Å²) in [5, 5.41) is 7.66. The van der Waals surface area contributed by atoms with Crippen LogP contribution in [0.4, 0.5) is 18.3 Å². The lowest BCUT2D eigenvalue weighted by Gasteiger charge is -2.59. The molecule has 1 aliphatic heterocycles. The number of carbonyl (C=O) groups excluding carboxylic acids is 2. The minimum absolute atomic E-state index is 0.239. The largest absolute Gasteiger partial charge is 0.445 e. The Balaban J connectivity index is 1.44. The Kier molecular flexibility index (Phi) is 5.43. The number of likely N-dealkylation sites (tertiary alicyclic amines) is 1. The van der Waals surface area contributed by atoms with Gasteiger partial charge in [-0.3, -0.25) is 14.9 Å². The van der Waals surface area contributed by atoms with Gasteiger partial charge in [-0.2, -0.15) is 13.2 Å². The quantitative estimate of drug-likeness (QED) is 0.550. The number of piperidine rings is 1. The number of nitrogens with zero attached hydrogens (tertiary/aromatic N) is 3. The highest BCUT2D eigenvalue weighted by Crippen LogP contribution is 2.65. The smallest absolute Gasteiger partial charge is 0.318 e. The minimum atomic E-state index is -4.63. The molecule has 10 heteroatoms. The summed E-state index contributed by atoms with van der Waals surface area (Å²) in [6.45, 7) is 6.74. The molecule has 2 saturated carbocycles. The number of anilines is 1. The summed E-state index contributed by atoms with van der Waals surface area (Å²) in [6, 6.07) is 0. The Hall–Kier alpha value is -1.97. The van der Waals surface area contributed by atoms with Gasteiger partial charge in [0.1, 0.15) is 5.92 Å². The van der Waals surface area contributed by atoms with Crippen LogP contribution in [0.15, 0.2) is 11.3 Å². The van der Waals surface area contributed by atoms with Crippen LogP contribution in [0, 0.1) is 34.5 Å². The van der Waals surface area contributed by atoms with Crippen molar-refractivity contribution in [2.75, 3.05) is 12.4 Å². The molecule has 3 aliphatic carbocycles. The molecule has 3 fully saturated rings. The number of amides is 2. The van der Waals surface area contributed by atoms with Crippen LogP contribution < -0.4 is 5.32 Å². The third kappa shape index (κ3) is 3.50. The molecule has 0 spiro atoms. The van der Waals surface area contributed by atoms with E-state index in [-0.39, 0.29) is 27.8 Å². The van der Waals surface area contributed by atoms with Gasteiger partial charge in [-0.05, 0) is 68.6 Å². The third-order valence-electron chi connectivity index (χ3n) is 9.33. The van der Waals surface area contributed by atoms with Crippen molar-refractivity contribution in [1.82, 2.24) is 15.1 Å². The molecule has 186 valence electrons. The lowest BCUT2D eigenvalue weighted by atomic mass is 9.48. The van der Waals surface area contributed by atoms with Crippen LogP contribution in [-0.4, -0.2) is 34.0 Å². The fourth-order valence-electron chi connectivity index (χ4n) is 8.03. The molecule has 5 rings (SSSR count). The molecule has 2 heterocycles. The summed E-state index contributed by atoms with van der Waals surface area (Å²) in [4.78, 5) is 28.1. The Bertz CT molecular complexity index is 1070. The van der Waals surface area contributed by atoms with Crippen molar-refractivity contribution in [3.05, 3.63) is 16.3 Å². The first-order valence-electron chi connectivity index (χ1n) is 12.0. The van der Waals surface area contributed by atoms with Crippen LogP contribution in [0.3, 0.4) is 0 Å². The van der Waals surface area contributed by atoms with Gasteiger partial charge < -0.3 is 4.90 Å². The van der Waals surface area contributed by atoms with Crippen molar-refractivity contribution >= 4 is 28.3 Å². The highest BCUT2D eigenvalue weighted by atomic mass is 32.1. The first kappa shape index (κ1) is 23.8. The molecular weight excluding hydrogens is 465 g/mol. The van der Waals surface area contributed by atoms with Crippen LogP contribution in [0.25, 0.3) is 0 Å². The van der Waals surface area contributed by atoms with E-state index in [1.54, 1.807) is 11.9 Å². The number of nitrogens with one attached hydrogen (secondary N) is 1. The average molecular weight is 497 g/mol. The highest BCUT2D eigenvalue weighted by molar-refractivity contribution is 7.15. The number of halogens is 3. The van der Waals surface area contributed by atoms with E-state index < -0.39 is 23.0 Å². The summed E-state index contributed by atoms with van der Waals surface area (Å²) in [5.41, 5.74) is 2.32. The predicted octanol–water partition coefficient (Wildman–Crippen LogP) is 5.49. The molecule has 1 saturated heterocycles. The normalized spacial score (nSPS) is 37.9. The maximum atomic E-state index is 13.3. The second-order valence-corrected chi connectivity index (χ2v) is 12.2. The number of alkyl halides is 3. The number of rotatable bonds is 2. The maximum Gasteiger partial charge on any atom is 0.445 e. The zero-order valence-corrected chi connectivity index (χ0v) is 20.8. The molecule has 0 bridgehead atoms. The highest BCUT2D eigenvalue weighted by Gasteiger charge is 2.60. The summed E-state index contributed by atoms with van der Waals surface area (Å²) >= 11 is 0.271. The maximum absolute atomic E-state index is 13.3. The van der Waals surface area contributed by atoms with Crippen LogP contribution in [0.2, 0.25) is 0 Å². The molecule has 4 aliphatic rings. The van der Waals surface area contributed by atoms with Gasteiger partial charge in [-0.15, -0.1) is 10.2 Å². The first-order valence-corrected chi connectivity index (χ1v) is 12.9. The number of allylic oxidation sites excluding steroid dienone is 2. The van der Waals surface area contributed by atoms with Crippen molar-refractivity contribution in [3.8, 4) is 0 Å². The molecule has 2 amide bonds. The fraction of sp³-hybridized carbons (Fsp3) is 0.750. The van der Waals surface area contributed by atoms with Gasteiger partial charge in [0.05, 0.1) is 0 Å². The van der Waals surface area contributed by atoms with E-state index in [9.17, 15) is 22.8 Å². The molecule has 6 atom stereocenters. The first-order chi connectivity index (χ1) is 15.8. The number of fused-ring (bicyclic) bond motifs is 5. The van der Waals surface area contributed by atoms with E-state index in [1.807, 2.05) is 0 Å². The fourth-order valence-corrected chi connectivity index (χ4v) is 8.64.